The maximum atomic E-state index is 14.5. The number of nitrogens with zero attached hydrogens (tertiary/aromatic N) is 2. The first-order chi connectivity index (χ1) is 12.8. The van der Waals surface area contributed by atoms with Crippen LogP contribution in [0.5, 0.6) is 0 Å². The van der Waals surface area contributed by atoms with Crippen LogP contribution in [0.1, 0.15) is 35.1 Å². The number of rotatable bonds is 3. The molecule has 0 amide bonds. The summed E-state index contributed by atoms with van der Waals surface area (Å²) in [6.45, 7) is 3.47. The second kappa shape index (κ2) is 7.43. The highest BCUT2D eigenvalue weighted by molar-refractivity contribution is 5.90. The van der Waals surface area contributed by atoms with E-state index in [-0.39, 0.29) is 11.4 Å². The number of aryl methyl sites for hydroxylation is 1. The van der Waals surface area contributed by atoms with Gasteiger partial charge in [-0.1, -0.05) is 12.1 Å². The fourth-order valence-electron chi connectivity index (χ4n) is 3.21. The Hall–Kier alpha value is -2.81. The molecule has 0 aromatic heterocycles. The molecular formula is C21H18F4N2. The molecule has 0 bridgehead atoms. The topological polar surface area (TPSA) is 27.0 Å². The Balaban J connectivity index is 1.94. The number of nitriles is 1. The SMILES string of the molecule is Cc1cc(N2CCCC2)c(F)cc1C=C(C#N)c1ccc(C(F)(F)F)cc1. The molecule has 0 aliphatic carbocycles. The summed E-state index contributed by atoms with van der Waals surface area (Å²) in [6.07, 6.45) is -0.853. The molecule has 6 heteroatoms. The van der Waals surface area contributed by atoms with Gasteiger partial charge in [0.1, 0.15) is 5.82 Å². The van der Waals surface area contributed by atoms with Gasteiger partial charge >= 0.3 is 6.18 Å². The van der Waals surface area contributed by atoms with Gasteiger partial charge in [0, 0.05) is 13.1 Å². The normalized spacial score (nSPS) is 15.1. The highest BCUT2D eigenvalue weighted by Gasteiger charge is 2.30. The van der Waals surface area contributed by atoms with E-state index >= 15 is 0 Å². The Kier molecular flexibility index (Phi) is 5.22. The van der Waals surface area contributed by atoms with Crippen LogP contribution < -0.4 is 4.90 Å². The lowest BCUT2D eigenvalue weighted by atomic mass is 9.99. The average molecular weight is 374 g/mol. The molecular weight excluding hydrogens is 356 g/mol. The molecule has 1 fully saturated rings. The standard InChI is InChI=1S/C21H18F4N2/c1-14-10-20(27-8-2-3-9-27)19(22)12-16(14)11-17(13-26)15-4-6-18(7-5-15)21(23,24)25/h4-7,10-12H,2-3,8-9H2,1H3. The average Bonchev–Trinajstić information content (AvgIpc) is 3.16. The molecule has 0 unspecified atom stereocenters. The van der Waals surface area contributed by atoms with Crippen LogP contribution >= 0.6 is 0 Å². The molecule has 1 saturated heterocycles. The van der Waals surface area contributed by atoms with Crippen LogP contribution in [0.2, 0.25) is 0 Å². The third kappa shape index (κ3) is 4.13. The van der Waals surface area contributed by atoms with Crippen molar-refractivity contribution in [2.45, 2.75) is 25.9 Å². The highest BCUT2D eigenvalue weighted by atomic mass is 19.4. The van der Waals surface area contributed by atoms with Crippen LogP contribution in [0.25, 0.3) is 11.6 Å². The summed E-state index contributed by atoms with van der Waals surface area (Å²) in [7, 11) is 0. The molecule has 0 atom stereocenters. The van der Waals surface area contributed by atoms with Crippen molar-refractivity contribution in [2.24, 2.45) is 0 Å². The van der Waals surface area contributed by atoms with Gasteiger partial charge < -0.3 is 4.90 Å². The van der Waals surface area contributed by atoms with Crippen molar-refractivity contribution in [2.75, 3.05) is 18.0 Å². The zero-order valence-electron chi connectivity index (χ0n) is 14.8. The van der Waals surface area contributed by atoms with Gasteiger partial charge in [-0.25, -0.2) is 4.39 Å². The van der Waals surface area contributed by atoms with E-state index in [0.717, 1.165) is 43.6 Å². The van der Waals surface area contributed by atoms with Gasteiger partial charge in [-0.05, 0) is 66.8 Å². The Morgan fingerprint density at radius 2 is 1.74 bits per heavy atom. The van der Waals surface area contributed by atoms with E-state index in [1.54, 1.807) is 6.07 Å². The van der Waals surface area contributed by atoms with E-state index in [1.807, 2.05) is 17.9 Å². The van der Waals surface area contributed by atoms with Gasteiger partial charge in [-0.15, -0.1) is 0 Å². The molecule has 2 aromatic rings. The van der Waals surface area contributed by atoms with E-state index in [2.05, 4.69) is 0 Å². The van der Waals surface area contributed by atoms with Crippen LogP contribution in [-0.4, -0.2) is 13.1 Å². The zero-order chi connectivity index (χ0) is 19.6. The van der Waals surface area contributed by atoms with Crippen LogP contribution in [0.4, 0.5) is 23.2 Å². The Bertz CT molecular complexity index is 900. The van der Waals surface area contributed by atoms with E-state index < -0.39 is 11.7 Å². The Morgan fingerprint density at radius 1 is 1.11 bits per heavy atom. The van der Waals surface area contributed by atoms with Crippen molar-refractivity contribution in [1.82, 2.24) is 0 Å². The van der Waals surface area contributed by atoms with Crippen LogP contribution in [0, 0.1) is 24.1 Å². The number of benzene rings is 2. The monoisotopic (exact) mass is 374 g/mol. The summed E-state index contributed by atoms with van der Waals surface area (Å²) in [6, 6.07) is 9.50. The minimum absolute atomic E-state index is 0.181. The number of alkyl halides is 3. The summed E-state index contributed by atoms with van der Waals surface area (Å²) in [5.74, 6) is -0.363. The molecule has 1 aliphatic heterocycles. The van der Waals surface area contributed by atoms with E-state index in [4.69, 9.17) is 0 Å². The van der Waals surface area contributed by atoms with Crippen molar-refractivity contribution in [1.29, 1.82) is 5.26 Å². The second-order valence-corrected chi connectivity index (χ2v) is 6.60. The quantitative estimate of drug-likeness (QED) is 0.385. The zero-order valence-corrected chi connectivity index (χ0v) is 14.8. The van der Waals surface area contributed by atoms with Gasteiger partial charge in [0.15, 0.2) is 0 Å². The molecule has 0 N–H and O–H groups in total. The lowest BCUT2D eigenvalue weighted by Gasteiger charge is -2.19. The van der Waals surface area contributed by atoms with Gasteiger partial charge in [-0.3, -0.25) is 0 Å². The van der Waals surface area contributed by atoms with Gasteiger partial charge in [-0.2, -0.15) is 18.4 Å². The van der Waals surface area contributed by atoms with Gasteiger partial charge in [0.2, 0.25) is 0 Å². The fraction of sp³-hybridized carbons (Fsp3) is 0.286. The first-order valence-electron chi connectivity index (χ1n) is 8.64. The number of allylic oxidation sites excluding steroid dienone is 1. The molecule has 1 aliphatic rings. The Labute approximate surface area is 155 Å². The molecule has 140 valence electrons. The Morgan fingerprint density at radius 3 is 2.30 bits per heavy atom. The molecule has 2 nitrogen and oxygen atoms in total. The lowest BCUT2D eigenvalue weighted by Crippen LogP contribution is -2.19. The third-order valence-corrected chi connectivity index (χ3v) is 4.73. The second-order valence-electron chi connectivity index (χ2n) is 6.60. The lowest BCUT2D eigenvalue weighted by molar-refractivity contribution is -0.137. The molecule has 0 radical (unpaired) electrons. The summed E-state index contributed by atoms with van der Waals surface area (Å²) >= 11 is 0. The minimum Gasteiger partial charge on any atom is -0.369 e. The first kappa shape index (κ1) is 19.0. The maximum Gasteiger partial charge on any atom is 0.416 e. The van der Waals surface area contributed by atoms with Crippen LogP contribution in [0.3, 0.4) is 0 Å². The molecule has 2 aromatic carbocycles. The summed E-state index contributed by atoms with van der Waals surface area (Å²) < 4.78 is 52.6. The predicted molar refractivity (Wildman–Crippen MR) is 97.5 cm³/mol. The number of halogens is 4. The first-order valence-corrected chi connectivity index (χ1v) is 8.64. The summed E-state index contributed by atoms with van der Waals surface area (Å²) in [5.41, 5.74) is 1.65. The van der Waals surface area contributed by atoms with Crippen LogP contribution in [0.15, 0.2) is 36.4 Å². The van der Waals surface area contributed by atoms with Gasteiger partial charge in [0.25, 0.3) is 0 Å². The molecule has 27 heavy (non-hydrogen) atoms. The number of hydrogen-bond donors (Lipinski definition) is 0. The fourth-order valence-corrected chi connectivity index (χ4v) is 3.21. The molecule has 3 rings (SSSR count). The molecule has 0 saturated carbocycles. The van der Waals surface area contributed by atoms with E-state index in [9.17, 15) is 22.8 Å². The molecule has 1 heterocycles. The van der Waals surface area contributed by atoms with Crippen molar-refractivity contribution in [3.8, 4) is 6.07 Å². The molecule has 0 spiro atoms. The minimum atomic E-state index is -4.43. The van der Waals surface area contributed by atoms with E-state index in [1.165, 1.54) is 24.3 Å². The summed E-state index contributed by atoms with van der Waals surface area (Å²) in [4.78, 5) is 2.00. The smallest absolute Gasteiger partial charge is 0.369 e. The maximum absolute atomic E-state index is 14.5. The largest absolute Gasteiger partial charge is 0.416 e. The predicted octanol–water partition coefficient (Wildman–Crippen LogP) is 5.82. The van der Waals surface area contributed by atoms with Crippen molar-refractivity contribution in [3.63, 3.8) is 0 Å². The van der Waals surface area contributed by atoms with Crippen LogP contribution in [-0.2, 0) is 6.18 Å². The van der Waals surface area contributed by atoms with E-state index in [0.29, 0.717) is 16.8 Å². The van der Waals surface area contributed by atoms with Gasteiger partial charge in [0.05, 0.1) is 22.9 Å². The highest BCUT2D eigenvalue weighted by Crippen LogP contribution is 2.31. The van der Waals surface area contributed by atoms with Crippen molar-refractivity contribution in [3.05, 3.63) is 64.5 Å². The summed E-state index contributed by atoms with van der Waals surface area (Å²) in [5, 5.41) is 9.41. The third-order valence-electron chi connectivity index (χ3n) is 4.73. The number of hydrogen-bond acceptors (Lipinski definition) is 2. The van der Waals surface area contributed by atoms with Crippen molar-refractivity contribution >= 4 is 17.3 Å². The van der Waals surface area contributed by atoms with Crippen molar-refractivity contribution < 1.29 is 17.6 Å². The number of anilines is 1.